The molecule has 0 aliphatic carbocycles. The second-order valence-electron chi connectivity index (χ2n) is 5.26. The zero-order chi connectivity index (χ0) is 13.5. The number of piperazine rings is 1. The Hall–Kier alpha value is -1.13. The molecule has 106 valence electrons. The summed E-state index contributed by atoms with van der Waals surface area (Å²) in [6, 6.07) is 6.76. The van der Waals surface area contributed by atoms with Gasteiger partial charge in [0, 0.05) is 38.4 Å². The van der Waals surface area contributed by atoms with Crippen molar-refractivity contribution < 1.29 is 0 Å². The maximum absolute atomic E-state index is 4.42. The standard InChI is InChI=1S/C15H26N4/c1-3-16-14(2)7-9-18-10-12-19(13-11-18)15-6-4-5-8-17-15/h4-6,8,14,16H,3,7,9-13H2,1-2H3. The number of nitrogens with zero attached hydrogens (tertiary/aromatic N) is 3. The van der Waals surface area contributed by atoms with Crippen LogP contribution in [0.3, 0.4) is 0 Å². The first-order chi connectivity index (χ1) is 9.29. The van der Waals surface area contributed by atoms with Gasteiger partial charge < -0.3 is 10.2 Å². The van der Waals surface area contributed by atoms with Crippen LogP contribution in [0.5, 0.6) is 0 Å². The van der Waals surface area contributed by atoms with E-state index in [2.05, 4.69) is 46.1 Å². The summed E-state index contributed by atoms with van der Waals surface area (Å²) >= 11 is 0. The van der Waals surface area contributed by atoms with E-state index in [1.165, 1.54) is 13.0 Å². The molecule has 1 aliphatic heterocycles. The first-order valence-electron chi connectivity index (χ1n) is 7.41. The van der Waals surface area contributed by atoms with E-state index in [1.807, 2.05) is 12.3 Å². The van der Waals surface area contributed by atoms with Gasteiger partial charge in [0.05, 0.1) is 0 Å². The lowest BCUT2D eigenvalue weighted by molar-refractivity contribution is 0.245. The van der Waals surface area contributed by atoms with Crippen molar-refractivity contribution >= 4 is 5.82 Å². The summed E-state index contributed by atoms with van der Waals surface area (Å²) in [5, 5.41) is 3.47. The van der Waals surface area contributed by atoms with Crippen molar-refractivity contribution in [1.82, 2.24) is 15.2 Å². The van der Waals surface area contributed by atoms with Gasteiger partial charge in [-0.15, -0.1) is 0 Å². The van der Waals surface area contributed by atoms with Crippen LogP contribution >= 0.6 is 0 Å². The smallest absolute Gasteiger partial charge is 0.128 e. The molecule has 0 aromatic carbocycles. The molecule has 0 spiro atoms. The van der Waals surface area contributed by atoms with Crippen LogP contribution in [0.15, 0.2) is 24.4 Å². The Morgan fingerprint density at radius 3 is 2.68 bits per heavy atom. The molecule has 1 N–H and O–H groups in total. The second kappa shape index (κ2) is 7.46. The fourth-order valence-electron chi connectivity index (χ4n) is 2.57. The van der Waals surface area contributed by atoms with Gasteiger partial charge in [-0.05, 0) is 38.6 Å². The topological polar surface area (TPSA) is 31.4 Å². The van der Waals surface area contributed by atoms with E-state index in [0.29, 0.717) is 6.04 Å². The molecule has 1 aliphatic rings. The minimum atomic E-state index is 0.624. The van der Waals surface area contributed by atoms with Crippen LogP contribution in [0.2, 0.25) is 0 Å². The van der Waals surface area contributed by atoms with Crippen molar-refractivity contribution in [3.63, 3.8) is 0 Å². The normalized spacial score (nSPS) is 18.5. The molecule has 4 heteroatoms. The van der Waals surface area contributed by atoms with Crippen LogP contribution in [0, 0.1) is 0 Å². The summed E-state index contributed by atoms with van der Waals surface area (Å²) in [6.07, 6.45) is 3.11. The van der Waals surface area contributed by atoms with Gasteiger partial charge in [-0.25, -0.2) is 4.98 Å². The van der Waals surface area contributed by atoms with Gasteiger partial charge in [-0.2, -0.15) is 0 Å². The number of anilines is 1. The summed E-state index contributed by atoms with van der Waals surface area (Å²) in [6.45, 7) is 11.2. The lowest BCUT2D eigenvalue weighted by Gasteiger charge is -2.35. The predicted octanol–water partition coefficient (Wildman–Crippen LogP) is 1.59. The Kier molecular flexibility index (Phi) is 5.61. The highest BCUT2D eigenvalue weighted by atomic mass is 15.3. The third kappa shape index (κ3) is 4.48. The molecule has 0 saturated carbocycles. The van der Waals surface area contributed by atoms with E-state index in [0.717, 1.165) is 38.5 Å². The number of aromatic nitrogens is 1. The largest absolute Gasteiger partial charge is 0.354 e. The third-order valence-electron chi connectivity index (χ3n) is 3.78. The molecular weight excluding hydrogens is 236 g/mol. The first kappa shape index (κ1) is 14.3. The van der Waals surface area contributed by atoms with Crippen molar-refractivity contribution in [2.75, 3.05) is 44.2 Å². The van der Waals surface area contributed by atoms with Gasteiger partial charge in [0.25, 0.3) is 0 Å². The molecule has 4 nitrogen and oxygen atoms in total. The highest BCUT2D eigenvalue weighted by Gasteiger charge is 2.17. The molecule has 1 aromatic rings. The van der Waals surface area contributed by atoms with Crippen LogP contribution in [0.1, 0.15) is 20.3 Å². The number of hydrogen-bond donors (Lipinski definition) is 1. The lowest BCUT2D eigenvalue weighted by atomic mass is 10.2. The van der Waals surface area contributed by atoms with Crippen LogP contribution < -0.4 is 10.2 Å². The summed E-state index contributed by atoms with van der Waals surface area (Å²) < 4.78 is 0. The average molecular weight is 262 g/mol. The van der Waals surface area contributed by atoms with Gasteiger partial charge in [0.1, 0.15) is 5.82 Å². The number of hydrogen-bond acceptors (Lipinski definition) is 4. The van der Waals surface area contributed by atoms with Crippen molar-refractivity contribution in [1.29, 1.82) is 0 Å². The van der Waals surface area contributed by atoms with E-state index in [4.69, 9.17) is 0 Å². The highest BCUT2D eigenvalue weighted by molar-refractivity contribution is 5.38. The molecule has 2 rings (SSSR count). The fraction of sp³-hybridized carbons (Fsp3) is 0.667. The monoisotopic (exact) mass is 262 g/mol. The van der Waals surface area contributed by atoms with Gasteiger partial charge in [0.2, 0.25) is 0 Å². The molecular formula is C15H26N4. The maximum atomic E-state index is 4.42. The first-order valence-corrected chi connectivity index (χ1v) is 7.41. The molecule has 1 saturated heterocycles. The maximum Gasteiger partial charge on any atom is 0.128 e. The van der Waals surface area contributed by atoms with Crippen LogP contribution in [0.4, 0.5) is 5.82 Å². The second-order valence-corrected chi connectivity index (χ2v) is 5.26. The van der Waals surface area contributed by atoms with E-state index >= 15 is 0 Å². The van der Waals surface area contributed by atoms with Crippen LogP contribution in [-0.4, -0.2) is 55.2 Å². The average Bonchev–Trinajstić information content (AvgIpc) is 2.47. The Balaban J connectivity index is 1.71. The number of rotatable bonds is 6. The molecule has 0 amide bonds. The van der Waals surface area contributed by atoms with Gasteiger partial charge in [0.15, 0.2) is 0 Å². The van der Waals surface area contributed by atoms with Crippen molar-refractivity contribution in [3.8, 4) is 0 Å². The van der Waals surface area contributed by atoms with Crippen molar-refractivity contribution in [3.05, 3.63) is 24.4 Å². The van der Waals surface area contributed by atoms with Gasteiger partial charge in [-0.1, -0.05) is 13.0 Å². The molecule has 1 unspecified atom stereocenters. The predicted molar refractivity (Wildman–Crippen MR) is 80.6 cm³/mol. The Bertz CT molecular complexity index is 346. The molecule has 0 bridgehead atoms. The summed E-state index contributed by atoms with van der Waals surface area (Å²) in [7, 11) is 0. The summed E-state index contributed by atoms with van der Waals surface area (Å²) in [4.78, 5) is 9.37. The van der Waals surface area contributed by atoms with Crippen LogP contribution in [0.25, 0.3) is 0 Å². The summed E-state index contributed by atoms with van der Waals surface area (Å²) in [5.74, 6) is 1.11. The Labute approximate surface area is 116 Å². The third-order valence-corrected chi connectivity index (χ3v) is 3.78. The van der Waals surface area contributed by atoms with Gasteiger partial charge >= 0.3 is 0 Å². The molecule has 1 fully saturated rings. The summed E-state index contributed by atoms with van der Waals surface area (Å²) in [5.41, 5.74) is 0. The SMILES string of the molecule is CCNC(C)CCN1CCN(c2ccccn2)CC1. The Morgan fingerprint density at radius 1 is 1.26 bits per heavy atom. The minimum absolute atomic E-state index is 0.624. The zero-order valence-electron chi connectivity index (χ0n) is 12.2. The quantitative estimate of drug-likeness (QED) is 0.843. The lowest BCUT2D eigenvalue weighted by Crippen LogP contribution is -2.47. The minimum Gasteiger partial charge on any atom is -0.354 e. The molecule has 1 aromatic heterocycles. The van der Waals surface area contributed by atoms with E-state index in [9.17, 15) is 0 Å². The van der Waals surface area contributed by atoms with E-state index in [-0.39, 0.29) is 0 Å². The zero-order valence-corrected chi connectivity index (χ0v) is 12.2. The molecule has 19 heavy (non-hydrogen) atoms. The van der Waals surface area contributed by atoms with Crippen molar-refractivity contribution in [2.24, 2.45) is 0 Å². The number of pyridine rings is 1. The number of nitrogens with one attached hydrogen (secondary N) is 1. The van der Waals surface area contributed by atoms with Gasteiger partial charge in [-0.3, -0.25) is 4.90 Å². The molecule has 1 atom stereocenters. The van der Waals surface area contributed by atoms with E-state index < -0.39 is 0 Å². The van der Waals surface area contributed by atoms with E-state index in [1.54, 1.807) is 0 Å². The molecule has 2 heterocycles. The molecule has 0 radical (unpaired) electrons. The highest BCUT2D eigenvalue weighted by Crippen LogP contribution is 2.12. The van der Waals surface area contributed by atoms with Crippen LogP contribution in [-0.2, 0) is 0 Å². The fourth-order valence-corrected chi connectivity index (χ4v) is 2.57. The Morgan fingerprint density at radius 2 is 2.05 bits per heavy atom. The van der Waals surface area contributed by atoms with Crippen molar-refractivity contribution in [2.45, 2.75) is 26.3 Å².